The fourth-order valence-electron chi connectivity index (χ4n) is 6.39. The third kappa shape index (κ3) is 3.90. The zero-order chi connectivity index (χ0) is 22.6. The number of carbonyl (C=O) groups excluding carboxylic acids is 2. The molecule has 3 fully saturated rings. The lowest BCUT2D eigenvalue weighted by Crippen LogP contribution is -2.54. The van der Waals surface area contributed by atoms with Crippen LogP contribution < -0.4 is 0 Å². The maximum Gasteiger partial charge on any atom is 0.253 e. The molecule has 1 N–H and O–H groups in total. The first-order valence-electron chi connectivity index (χ1n) is 11.8. The van der Waals surface area contributed by atoms with E-state index < -0.39 is 0 Å². The van der Waals surface area contributed by atoms with E-state index in [-0.39, 0.29) is 40.6 Å². The summed E-state index contributed by atoms with van der Waals surface area (Å²) in [6.07, 6.45) is 2.44. The Morgan fingerprint density at radius 3 is 2.16 bits per heavy atom. The average Bonchev–Trinajstić information content (AvgIpc) is 3.07. The molecule has 2 aliphatic heterocycles. The van der Waals surface area contributed by atoms with Crippen LogP contribution >= 0.6 is 0 Å². The standard InChI is InChI=1S/C26H38N2O3/c1-24(2,3)20-8-6-18(7-9-20)22(30)27-12-10-19(11-13-27)23(31)28-14-21-25(4,5)15-26(21,16-28)17-29/h6-9,19,21,29H,10-17H2,1-5H3/t21-,26-/m1/s1. The molecule has 0 bridgehead atoms. The van der Waals surface area contributed by atoms with E-state index >= 15 is 0 Å². The Kier molecular flexibility index (Phi) is 5.48. The molecule has 2 heterocycles. The van der Waals surface area contributed by atoms with E-state index in [4.69, 9.17) is 0 Å². The van der Waals surface area contributed by atoms with Crippen LogP contribution in [-0.4, -0.2) is 59.5 Å². The lowest BCUT2D eigenvalue weighted by Gasteiger charge is -2.55. The average molecular weight is 427 g/mol. The Labute approximate surface area is 186 Å². The number of nitrogens with zero attached hydrogens (tertiary/aromatic N) is 2. The molecule has 2 saturated heterocycles. The van der Waals surface area contributed by atoms with E-state index in [1.807, 2.05) is 34.1 Å². The van der Waals surface area contributed by atoms with Crippen molar-refractivity contribution in [3.63, 3.8) is 0 Å². The van der Waals surface area contributed by atoms with Crippen molar-refractivity contribution in [3.05, 3.63) is 35.4 Å². The quantitative estimate of drug-likeness (QED) is 0.802. The lowest BCUT2D eigenvalue weighted by atomic mass is 9.48. The fraction of sp³-hybridized carbons (Fsp3) is 0.692. The molecule has 5 heteroatoms. The number of rotatable bonds is 3. The molecule has 2 atom stereocenters. The van der Waals surface area contributed by atoms with E-state index in [9.17, 15) is 14.7 Å². The molecule has 0 unspecified atom stereocenters. The summed E-state index contributed by atoms with van der Waals surface area (Å²) in [4.78, 5) is 30.0. The normalized spacial score (nSPS) is 28.3. The van der Waals surface area contributed by atoms with Crippen LogP contribution in [-0.2, 0) is 10.2 Å². The van der Waals surface area contributed by atoms with Crippen molar-refractivity contribution in [2.24, 2.45) is 22.7 Å². The van der Waals surface area contributed by atoms with Gasteiger partial charge in [0.05, 0.1) is 6.61 Å². The van der Waals surface area contributed by atoms with Gasteiger partial charge in [0.2, 0.25) is 5.91 Å². The van der Waals surface area contributed by atoms with Crippen LogP contribution in [0.5, 0.6) is 0 Å². The summed E-state index contributed by atoms with van der Waals surface area (Å²) in [5.74, 6) is 0.668. The zero-order valence-corrected chi connectivity index (χ0v) is 19.8. The highest BCUT2D eigenvalue weighted by atomic mass is 16.3. The molecule has 1 aromatic rings. The number of hydrogen-bond acceptors (Lipinski definition) is 3. The predicted molar refractivity (Wildman–Crippen MR) is 122 cm³/mol. The second kappa shape index (κ2) is 7.61. The van der Waals surface area contributed by atoms with Crippen molar-refractivity contribution in [2.75, 3.05) is 32.8 Å². The van der Waals surface area contributed by atoms with Crippen LogP contribution in [0.3, 0.4) is 0 Å². The van der Waals surface area contributed by atoms with Gasteiger partial charge in [-0.1, -0.05) is 46.8 Å². The van der Waals surface area contributed by atoms with Crippen molar-refractivity contribution in [1.29, 1.82) is 0 Å². The summed E-state index contributed by atoms with van der Waals surface area (Å²) in [5, 5.41) is 9.97. The molecule has 4 rings (SSSR count). The highest BCUT2D eigenvalue weighted by Gasteiger charge is 2.63. The molecule has 2 amide bonds. The van der Waals surface area contributed by atoms with Crippen molar-refractivity contribution in [2.45, 2.75) is 59.3 Å². The van der Waals surface area contributed by atoms with Crippen molar-refractivity contribution >= 4 is 11.8 Å². The van der Waals surface area contributed by atoms with Crippen LogP contribution in [0.2, 0.25) is 0 Å². The molecule has 5 nitrogen and oxygen atoms in total. The van der Waals surface area contributed by atoms with Gasteiger partial charge in [-0.3, -0.25) is 9.59 Å². The second-order valence-electron chi connectivity index (χ2n) is 11.9. The van der Waals surface area contributed by atoms with E-state index in [1.54, 1.807) is 0 Å². The second-order valence-corrected chi connectivity index (χ2v) is 11.9. The summed E-state index contributed by atoms with van der Waals surface area (Å²) in [6.45, 7) is 13.9. The molecule has 1 aliphatic carbocycles. The molecule has 0 spiro atoms. The molecule has 0 aromatic heterocycles. The minimum absolute atomic E-state index is 0.0105. The Hall–Kier alpha value is -1.88. The molecular weight excluding hydrogens is 388 g/mol. The number of benzene rings is 1. The van der Waals surface area contributed by atoms with Crippen LogP contribution in [0.15, 0.2) is 24.3 Å². The van der Waals surface area contributed by atoms with Gasteiger partial charge in [0, 0.05) is 43.1 Å². The van der Waals surface area contributed by atoms with Crippen LogP contribution in [0.4, 0.5) is 0 Å². The molecule has 1 aromatic carbocycles. The van der Waals surface area contributed by atoms with Crippen molar-refractivity contribution in [3.8, 4) is 0 Å². The maximum atomic E-state index is 13.2. The van der Waals surface area contributed by atoms with Crippen molar-refractivity contribution in [1.82, 2.24) is 9.80 Å². The van der Waals surface area contributed by atoms with Gasteiger partial charge in [-0.15, -0.1) is 0 Å². The number of hydrogen-bond donors (Lipinski definition) is 1. The molecular formula is C26H38N2O3. The minimum Gasteiger partial charge on any atom is -0.396 e. The lowest BCUT2D eigenvalue weighted by molar-refractivity contribution is -0.136. The van der Waals surface area contributed by atoms with Crippen LogP contribution in [0, 0.1) is 22.7 Å². The fourth-order valence-corrected chi connectivity index (χ4v) is 6.39. The van der Waals surface area contributed by atoms with Gasteiger partial charge >= 0.3 is 0 Å². The molecule has 3 aliphatic rings. The first kappa shape index (κ1) is 22.3. The van der Waals surface area contributed by atoms with Crippen LogP contribution in [0.25, 0.3) is 0 Å². The van der Waals surface area contributed by atoms with Gasteiger partial charge in [-0.05, 0) is 53.7 Å². The molecule has 0 radical (unpaired) electrons. The Balaban J connectivity index is 1.34. The first-order chi connectivity index (χ1) is 14.5. The number of likely N-dealkylation sites (tertiary alicyclic amines) is 2. The Morgan fingerprint density at radius 1 is 1.06 bits per heavy atom. The van der Waals surface area contributed by atoms with Gasteiger partial charge in [-0.2, -0.15) is 0 Å². The number of aliphatic hydroxyl groups is 1. The van der Waals surface area contributed by atoms with E-state index in [0.717, 1.165) is 31.4 Å². The highest BCUT2D eigenvalue weighted by Crippen LogP contribution is 2.62. The van der Waals surface area contributed by atoms with Gasteiger partial charge in [0.1, 0.15) is 0 Å². The smallest absolute Gasteiger partial charge is 0.253 e. The number of piperidine rings is 1. The molecule has 1 saturated carbocycles. The highest BCUT2D eigenvalue weighted by molar-refractivity contribution is 5.94. The maximum absolute atomic E-state index is 13.2. The van der Waals surface area contributed by atoms with Gasteiger partial charge < -0.3 is 14.9 Å². The monoisotopic (exact) mass is 426 g/mol. The number of carbonyl (C=O) groups is 2. The SMILES string of the molecule is CC(C)(C)c1ccc(C(=O)N2CCC(C(=O)N3C[C@@H]4C(C)(C)C[C@]4(CO)C3)CC2)cc1. The van der Waals surface area contributed by atoms with E-state index in [2.05, 4.69) is 34.6 Å². The topological polar surface area (TPSA) is 60.9 Å². The number of amides is 2. The van der Waals surface area contributed by atoms with Gasteiger partial charge in [-0.25, -0.2) is 0 Å². The summed E-state index contributed by atoms with van der Waals surface area (Å²) < 4.78 is 0. The molecule has 170 valence electrons. The zero-order valence-electron chi connectivity index (χ0n) is 19.8. The number of fused-ring (bicyclic) bond motifs is 1. The number of aliphatic hydroxyl groups excluding tert-OH is 1. The summed E-state index contributed by atoms with van der Waals surface area (Å²) >= 11 is 0. The summed E-state index contributed by atoms with van der Waals surface area (Å²) in [7, 11) is 0. The van der Waals surface area contributed by atoms with Gasteiger partial charge in [0.25, 0.3) is 5.91 Å². The molecule has 31 heavy (non-hydrogen) atoms. The third-order valence-electron chi connectivity index (χ3n) is 8.15. The first-order valence-corrected chi connectivity index (χ1v) is 11.8. The van der Waals surface area contributed by atoms with Gasteiger partial charge in [0.15, 0.2) is 0 Å². The Morgan fingerprint density at radius 2 is 1.68 bits per heavy atom. The van der Waals surface area contributed by atoms with E-state index in [1.165, 1.54) is 5.56 Å². The van der Waals surface area contributed by atoms with Crippen LogP contribution in [0.1, 0.15) is 69.8 Å². The third-order valence-corrected chi connectivity index (χ3v) is 8.15. The van der Waals surface area contributed by atoms with E-state index in [0.29, 0.717) is 25.6 Å². The minimum atomic E-state index is -0.0882. The largest absolute Gasteiger partial charge is 0.396 e. The van der Waals surface area contributed by atoms with Crippen molar-refractivity contribution < 1.29 is 14.7 Å². The Bertz CT molecular complexity index is 846. The summed E-state index contributed by atoms with van der Waals surface area (Å²) in [5.41, 5.74) is 2.13. The summed E-state index contributed by atoms with van der Waals surface area (Å²) in [6, 6.07) is 7.94. The predicted octanol–water partition coefficient (Wildman–Crippen LogP) is 3.70.